The van der Waals surface area contributed by atoms with Gasteiger partial charge >= 0.3 is 40.8 Å². The van der Waals surface area contributed by atoms with Gasteiger partial charge in [-0.05, 0) is 57.8 Å². The molecule has 0 aromatic carbocycles. The largest absolute Gasteiger partial charge is 3.00 e. The summed E-state index contributed by atoms with van der Waals surface area (Å²) in [5.74, 6) is -2.43. The van der Waals surface area contributed by atoms with Crippen molar-refractivity contribution in [2.24, 2.45) is 16.2 Å². The van der Waals surface area contributed by atoms with Crippen LogP contribution in [0.2, 0.25) is 0 Å². The number of carbonyl (C=O) groups is 3. The zero-order chi connectivity index (χ0) is 43.7. The second-order valence-corrected chi connectivity index (χ2v) is 17.8. The molecule has 0 aliphatic carbocycles. The monoisotopic (exact) mass is 950 g/mol. The fourth-order valence-electron chi connectivity index (χ4n) is 8.76. The summed E-state index contributed by atoms with van der Waals surface area (Å²) in [6.07, 6.45) is 38.1. The summed E-state index contributed by atoms with van der Waals surface area (Å²) in [5, 5.41) is 34.7. The Morgan fingerprint density at radius 2 is 0.431 bits per heavy atom. The molecule has 0 amide bonds. The van der Waals surface area contributed by atoms with Gasteiger partial charge in [0.2, 0.25) is 0 Å². The average Bonchev–Trinajstić information content (AvgIpc) is 3.19. The number of carbonyl (C=O) groups excluding carboxylic acids is 3. The van der Waals surface area contributed by atoms with Crippen molar-refractivity contribution in [3.8, 4) is 0 Å². The fourth-order valence-corrected chi connectivity index (χ4v) is 8.76. The number of hydrogen-bond donors (Lipinski definition) is 0. The number of aliphatic carboxylic acids is 3. The number of rotatable bonds is 39. The molecule has 3 unspecified atom stereocenters. The molecule has 58 heavy (non-hydrogen) atoms. The Balaban J connectivity index is -0.000000374. The van der Waals surface area contributed by atoms with Crippen LogP contribution in [0, 0.1) is 57.1 Å². The molecular weight excluding hydrogens is 853 g/mol. The van der Waals surface area contributed by atoms with Crippen LogP contribution in [-0.2, 0) is 14.4 Å². The van der Waals surface area contributed by atoms with Gasteiger partial charge in [-0.25, -0.2) is 0 Å². The molecule has 0 spiro atoms. The van der Waals surface area contributed by atoms with Gasteiger partial charge in [0, 0.05) is 34.2 Å². The summed E-state index contributed by atoms with van der Waals surface area (Å²) in [6, 6.07) is 0. The van der Waals surface area contributed by atoms with E-state index in [0.29, 0.717) is 0 Å². The Hall–Kier alpha value is -0.239. The minimum atomic E-state index is -0.809. The minimum absolute atomic E-state index is 0. The maximum absolute atomic E-state index is 11.6. The summed E-state index contributed by atoms with van der Waals surface area (Å²) in [6.45, 7) is 19.2. The second-order valence-electron chi connectivity index (χ2n) is 17.8. The smallest absolute Gasteiger partial charge is 0.550 e. The molecular formula is C51H99NdO6. The van der Waals surface area contributed by atoms with Crippen molar-refractivity contribution in [3.05, 3.63) is 0 Å². The Morgan fingerprint density at radius 1 is 0.259 bits per heavy atom. The van der Waals surface area contributed by atoms with Gasteiger partial charge in [-0.1, -0.05) is 236 Å². The topological polar surface area (TPSA) is 120 Å². The van der Waals surface area contributed by atoms with Crippen LogP contribution >= 0.6 is 0 Å². The maximum atomic E-state index is 11.6. The third-order valence-corrected chi connectivity index (χ3v) is 12.5. The Labute approximate surface area is 395 Å². The molecule has 0 aliphatic rings. The molecule has 0 aromatic heterocycles. The molecule has 0 N–H and O–H groups in total. The van der Waals surface area contributed by atoms with Crippen LogP contribution in [0.4, 0.5) is 0 Å². The van der Waals surface area contributed by atoms with E-state index >= 15 is 0 Å². The van der Waals surface area contributed by atoms with Crippen LogP contribution in [0.3, 0.4) is 0 Å². The summed E-state index contributed by atoms with van der Waals surface area (Å²) < 4.78 is 0. The van der Waals surface area contributed by atoms with Crippen LogP contribution in [0.5, 0.6) is 0 Å². The van der Waals surface area contributed by atoms with Crippen molar-refractivity contribution < 1.29 is 70.5 Å². The fraction of sp³-hybridized carbons (Fsp3) is 0.941. The predicted molar refractivity (Wildman–Crippen MR) is 240 cm³/mol. The third kappa shape index (κ3) is 32.5. The first-order valence-electron chi connectivity index (χ1n) is 25.0. The molecule has 1 radical (unpaired) electrons. The van der Waals surface area contributed by atoms with Gasteiger partial charge in [0.1, 0.15) is 0 Å². The Kier molecular flexibility index (Phi) is 49.7. The van der Waals surface area contributed by atoms with Gasteiger partial charge in [0.25, 0.3) is 0 Å². The van der Waals surface area contributed by atoms with Crippen LogP contribution in [0.15, 0.2) is 0 Å². The van der Waals surface area contributed by atoms with E-state index in [4.69, 9.17) is 0 Å². The second kappa shape index (κ2) is 44.8. The van der Waals surface area contributed by atoms with Gasteiger partial charge in [-0.3, -0.25) is 0 Å². The molecule has 7 heteroatoms. The van der Waals surface area contributed by atoms with Crippen molar-refractivity contribution >= 4 is 17.9 Å². The summed E-state index contributed by atoms with van der Waals surface area (Å²) >= 11 is 0. The van der Waals surface area contributed by atoms with E-state index in [0.717, 1.165) is 135 Å². The maximum Gasteiger partial charge on any atom is 3.00 e. The SMILES string of the molecule is CCCCCCCCC(CCC)(CCCC)C(=O)[O-].CCCCCCCCC(CCC)(CCCC)C(=O)[O-].CCCCCCCCC(CCC)(CCCC)C(=O)[O-].[Nd+3]. The first-order chi connectivity index (χ1) is 27.4. The summed E-state index contributed by atoms with van der Waals surface area (Å²) in [5.41, 5.74) is -1.64. The molecule has 6 nitrogen and oxygen atoms in total. The quantitative estimate of drug-likeness (QED) is 0.0566. The van der Waals surface area contributed by atoms with Crippen molar-refractivity contribution in [2.45, 2.75) is 293 Å². The van der Waals surface area contributed by atoms with Gasteiger partial charge in [0.05, 0.1) is 0 Å². The molecule has 0 saturated heterocycles. The molecule has 0 fully saturated rings. The molecule has 0 aliphatic heterocycles. The predicted octanol–water partition coefficient (Wildman–Crippen LogP) is 13.4. The van der Waals surface area contributed by atoms with E-state index in [2.05, 4.69) is 62.3 Å². The Bertz CT molecular complexity index is 797. The Morgan fingerprint density at radius 3 is 0.603 bits per heavy atom. The van der Waals surface area contributed by atoms with E-state index in [1.54, 1.807) is 0 Å². The zero-order valence-electron chi connectivity index (χ0n) is 40.4. The molecule has 0 rings (SSSR count). The average molecular weight is 953 g/mol. The van der Waals surface area contributed by atoms with Crippen molar-refractivity contribution in [2.75, 3.05) is 0 Å². The van der Waals surface area contributed by atoms with Crippen LogP contribution in [0.1, 0.15) is 293 Å². The van der Waals surface area contributed by atoms with Gasteiger partial charge in [-0.2, -0.15) is 0 Å². The van der Waals surface area contributed by atoms with Crippen LogP contribution in [0.25, 0.3) is 0 Å². The van der Waals surface area contributed by atoms with Crippen molar-refractivity contribution in [1.29, 1.82) is 0 Å². The van der Waals surface area contributed by atoms with Gasteiger partial charge in [-0.15, -0.1) is 0 Å². The molecule has 0 saturated carbocycles. The molecule has 0 heterocycles. The summed E-state index contributed by atoms with van der Waals surface area (Å²) in [7, 11) is 0. The molecule has 0 aromatic rings. The van der Waals surface area contributed by atoms with Crippen molar-refractivity contribution in [1.82, 2.24) is 0 Å². The first kappa shape index (κ1) is 64.4. The molecule has 0 bridgehead atoms. The number of hydrogen-bond acceptors (Lipinski definition) is 6. The molecule has 343 valence electrons. The van der Waals surface area contributed by atoms with E-state index in [-0.39, 0.29) is 40.8 Å². The summed E-state index contributed by atoms with van der Waals surface area (Å²) in [4.78, 5) is 34.7. The first-order valence-corrected chi connectivity index (χ1v) is 25.0. The molecule has 3 atom stereocenters. The van der Waals surface area contributed by atoms with Crippen molar-refractivity contribution in [3.63, 3.8) is 0 Å². The van der Waals surface area contributed by atoms with Crippen LogP contribution < -0.4 is 15.3 Å². The standard InChI is InChI=1S/3C17H34O2.Nd/c3*1-4-7-9-10-11-12-15-17(13-6-3,16(18)19)14-8-5-2;/h3*4-15H2,1-3H3,(H,18,19);/q;;;+3/p-3. The number of unbranched alkanes of at least 4 members (excludes halogenated alkanes) is 18. The van der Waals surface area contributed by atoms with E-state index < -0.39 is 34.2 Å². The number of carboxylic acid groups (broad SMARTS) is 3. The van der Waals surface area contributed by atoms with Gasteiger partial charge in [0.15, 0.2) is 0 Å². The minimum Gasteiger partial charge on any atom is -0.550 e. The van der Waals surface area contributed by atoms with E-state index in [1.807, 2.05) is 0 Å². The third-order valence-electron chi connectivity index (χ3n) is 12.5. The van der Waals surface area contributed by atoms with E-state index in [9.17, 15) is 29.7 Å². The van der Waals surface area contributed by atoms with Gasteiger partial charge < -0.3 is 29.7 Å². The number of carboxylic acids is 3. The normalized spacial score (nSPS) is 14.0. The van der Waals surface area contributed by atoms with E-state index in [1.165, 1.54) is 96.3 Å². The van der Waals surface area contributed by atoms with Crippen LogP contribution in [-0.4, -0.2) is 17.9 Å². The zero-order valence-corrected chi connectivity index (χ0v) is 43.6.